The van der Waals surface area contributed by atoms with Crippen LogP contribution in [0.3, 0.4) is 0 Å². The Balaban J connectivity index is 1.68. The molecule has 4 nitrogen and oxygen atoms in total. The van der Waals surface area contributed by atoms with Crippen LogP contribution >= 0.6 is 11.3 Å². The van der Waals surface area contributed by atoms with E-state index in [4.69, 9.17) is 4.74 Å². The minimum Gasteiger partial charge on any atom is -0.497 e. The van der Waals surface area contributed by atoms with Gasteiger partial charge in [0.05, 0.1) is 19.2 Å². The zero-order valence-electron chi connectivity index (χ0n) is 14.5. The third-order valence-electron chi connectivity index (χ3n) is 4.05. The molecule has 0 aliphatic rings. The Morgan fingerprint density at radius 3 is 2.76 bits per heavy atom. The number of benzene rings is 2. The summed E-state index contributed by atoms with van der Waals surface area (Å²) in [5.74, 6) is 0.658. The number of aryl methyl sites for hydroxylation is 2. The fourth-order valence-corrected chi connectivity index (χ4v) is 3.23. The van der Waals surface area contributed by atoms with Gasteiger partial charge >= 0.3 is 0 Å². The molecule has 0 aliphatic heterocycles. The second-order valence-corrected chi connectivity index (χ2v) is 6.77. The van der Waals surface area contributed by atoms with E-state index in [1.54, 1.807) is 7.11 Å². The van der Waals surface area contributed by atoms with Gasteiger partial charge in [-0.1, -0.05) is 24.3 Å². The van der Waals surface area contributed by atoms with Crippen molar-refractivity contribution in [2.45, 2.75) is 20.3 Å². The molecule has 5 heteroatoms. The van der Waals surface area contributed by atoms with Crippen LogP contribution in [-0.2, 0) is 11.2 Å². The van der Waals surface area contributed by atoms with Crippen LogP contribution in [0.2, 0.25) is 0 Å². The van der Waals surface area contributed by atoms with Crippen LogP contribution in [0.4, 0.5) is 5.13 Å². The Morgan fingerprint density at radius 1 is 1.16 bits per heavy atom. The lowest BCUT2D eigenvalue weighted by Crippen LogP contribution is -2.14. The van der Waals surface area contributed by atoms with Crippen molar-refractivity contribution in [3.8, 4) is 17.0 Å². The molecule has 0 spiro atoms. The molecule has 2 aromatic carbocycles. The molecule has 0 bridgehead atoms. The van der Waals surface area contributed by atoms with Crippen LogP contribution in [0.25, 0.3) is 11.3 Å². The lowest BCUT2D eigenvalue weighted by molar-refractivity contribution is -0.115. The van der Waals surface area contributed by atoms with Gasteiger partial charge < -0.3 is 10.1 Å². The largest absolute Gasteiger partial charge is 0.497 e. The SMILES string of the molecule is COc1cccc(CC(=O)Nc2nc(-c3ccc(C)c(C)c3)cs2)c1. The number of nitrogens with zero attached hydrogens (tertiary/aromatic N) is 1. The van der Waals surface area contributed by atoms with E-state index in [0.717, 1.165) is 22.6 Å². The number of methoxy groups -OCH3 is 1. The highest BCUT2D eigenvalue weighted by atomic mass is 32.1. The highest BCUT2D eigenvalue weighted by Gasteiger charge is 2.10. The first-order valence-corrected chi connectivity index (χ1v) is 8.89. The number of anilines is 1. The zero-order chi connectivity index (χ0) is 17.8. The number of ether oxygens (including phenoxy) is 1. The molecule has 25 heavy (non-hydrogen) atoms. The van der Waals surface area contributed by atoms with Crippen molar-refractivity contribution in [1.29, 1.82) is 0 Å². The standard InChI is InChI=1S/C20H20N2O2S/c1-13-7-8-16(9-14(13)2)18-12-25-20(21-18)22-19(23)11-15-5-4-6-17(10-15)24-3/h4-10,12H,11H2,1-3H3,(H,21,22,23). The predicted molar refractivity (Wildman–Crippen MR) is 102 cm³/mol. The molecule has 1 aromatic heterocycles. The maximum absolute atomic E-state index is 12.2. The molecule has 3 aromatic rings. The van der Waals surface area contributed by atoms with Crippen molar-refractivity contribution in [3.05, 3.63) is 64.5 Å². The quantitative estimate of drug-likeness (QED) is 0.729. The number of carbonyl (C=O) groups excluding carboxylic acids is 1. The number of nitrogens with one attached hydrogen (secondary N) is 1. The summed E-state index contributed by atoms with van der Waals surface area (Å²) in [6.07, 6.45) is 0.287. The molecule has 0 unspecified atom stereocenters. The molecule has 1 heterocycles. The fraction of sp³-hybridized carbons (Fsp3) is 0.200. The number of amides is 1. The topological polar surface area (TPSA) is 51.2 Å². The van der Waals surface area contributed by atoms with Gasteiger partial charge in [0.25, 0.3) is 0 Å². The van der Waals surface area contributed by atoms with E-state index in [0.29, 0.717) is 5.13 Å². The van der Waals surface area contributed by atoms with Crippen molar-refractivity contribution in [3.63, 3.8) is 0 Å². The van der Waals surface area contributed by atoms with E-state index in [1.165, 1.54) is 22.5 Å². The monoisotopic (exact) mass is 352 g/mol. The minimum atomic E-state index is -0.0887. The Kier molecular flexibility index (Phi) is 5.14. The van der Waals surface area contributed by atoms with E-state index in [2.05, 4.69) is 42.3 Å². The molecule has 1 amide bonds. The first-order valence-electron chi connectivity index (χ1n) is 8.01. The smallest absolute Gasteiger partial charge is 0.230 e. The van der Waals surface area contributed by atoms with Gasteiger partial charge in [-0.05, 0) is 48.7 Å². The maximum Gasteiger partial charge on any atom is 0.230 e. The molecule has 0 atom stereocenters. The van der Waals surface area contributed by atoms with Gasteiger partial charge in [-0.25, -0.2) is 4.98 Å². The number of hydrogen-bond acceptors (Lipinski definition) is 4. The molecular formula is C20H20N2O2S. The summed E-state index contributed by atoms with van der Waals surface area (Å²) in [6.45, 7) is 4.17. The van der Waals surface area contributed by atoms with Crippen LogP contribution in [0.5, 0.6) is 5.75 Å². The molecule has 0 radical (unpaired) electrons. The van der Waals surface area contributed by atoms with Gasteiger partial charge in [0.1, 0.15) is 5.75 Å². The first kappa shape index (κ1) is 17.2. The summed E-state index contributed by atoms with van der Waals surface area (Å²) < 4.78 is 5.18. The maximum atomic E-state index is 12.2. The lowest BCUT2D eigenvalue weighted by Gasteiger charge is -2.05. The van der Waals surface area contributed by atoms with E-state index in [9.17, 15) is 4.79 Å². The Bertz CT molecular complexity index is 902. The normalized spacial score (nSPS) is 10.5. The molecule has 3 rings (SSSR count). The molecular weight excluding hydrogens is 332 g/mol. The Labute approximate surface area is 151 Å². The number of rotatable bonds is 5. The van der Waals surface area contributed by atoms with Crippen molar-refractivity contribution in [2.75, 3.05) is 12.4 Å². The summed E-state index contributed by atoms with van der Waals surface area (Å²) in [5.41, 5.74) is 5.33. The molecule has 0 saturated carbocycles. The summed E-state index contributed by atoms with van der Waals surface area (Å²) >= 11 is 1.43. The molecule has 0 saturated heterocycles. The fourth-order valence-electron chi connectivity index (χ4n) is 2.50. The first-order chi connectivity index (χ1) is 12.0. The predicted octanol–water partition coefficient (Wildman–Crippen LogP) is 4.62. The summed E-state index contributed by atoms with van der Waals surface area (Å²) in [6, 6.07) is 13.8. The van der Waals surface area contributed by atoms with Gasteiger partial charge in [0, 0.05) is 10.9 Å². The van der Waals surface area contributed by atoms with Crippen molar-refractivity contribution < 1.29 is 9.53 Å². The van der Waals surface area contributed by atoms with E-state index < -0.39 is 0 Å². The van der Waals surface area contributed by atoms with E-state index >= 15 is 0 Å². The second-order valence-electron chi connectivity index (χ2n) is 5.91. The van der Waals surface area contributed by atoms with Crippen molar-refractivity contribution >= 4 is 22.4 Å². The molecule has 0 fully saturated rings. The van der Waals surface area contributed by atoms with Gasteiger partial charge in [0.2, 0.25) is 5.91 Å². The van der Waals surface area contributed by atoms with Crippen molar-refractivity contribution in [2.24, 2.45) is 0 Å². The molecule has 128 valence electrons. The van der Waals surface area contributed by atoms with E-state index in [-0.39, 0.29) is 12.3 Å². The third-order valence-corrected chi connectivity index (χ3v) is 4.81. The van der Waals surface area contributed by atoms with Crippen LogP contribution in [-0.4, -0.2) is 18.0 Å². The number of carbonyl (C=O) groups is 1. The number of aromatic nitrogens is 1. The van der Waals surface area contributed by atoms with Crippen molar-refractivity contribution in [1.82, 2.24) is 4.98 Å². The minimum absolute atomic E-state index is 0.0887. The summed E-state index contributed by atoms with van der Waals surface area (Å²) in [5, 5.41) is 5.45. The highest BCUT2D eigenvalue weighted by molar-refractivity contribution is 7.14. The second kappa shape index (κ2) is 7.49. The Morgan fingerprint density at radius 2 is 2.00 bits per heavy atom. The number of thiazole rings is 1. The average molecular weight is 352 g/mol. The third kappa shape index (κ3) is 4.25. The lowest BCUT2D eigenvalue weighted by atomic mass is 10.1. The van der Waals surface area contributed by atoms with Crippen LogP contribution in [0.1, 0.15) is 16.7 Å². The van der Waals surface area contributed by atoms with Gasteiger partial charge in [-0.2, -0.15) is 0 Å². The summed E-state index contributed by atoms with van der Waals surface area (Å²) in [7, 11) is 1.61. The summed E-state index contributed by atoms with van der Waals surface area (Å²) in [4.78, 5) is 16.8. The van der Waals surface area contributed by atoms with E-state index in [1.807, 2.05) is 29.6 Å². The van der Waals surface area contributed by atoms with Gasteiger partial charge in [0.15, 0.2) is 5.13 Å². The van der Waals surface area contributed by atoms with Gasteiger partial charge in [-0.3, -0.25) is 4.79 Å². The molecule has 1 N–H and O–H groups in total. The Hall–Kier alpha value is -2.66. The van der Waals surface area contributed by atoms with Crippen LogP contribution in [0, 0.1) is 13.8 Å². The van der Waals surface area contributed by atoms with Crippen LogP contribution < -0.4 is 10.1 Å². The highest BCUT2D eigenvalue weighted by Crippen LogP contribution is 2.26. The van der Waals surface area contributed by atoms with Gasteiger partial charge in [-0.15, -0.1) is 11.3 Å². The molecule has 0 aliphatic carbocycles. The van der Waals surface area contributed by atoms with Crippen LogP contribution in [0.15, 0.2) is 47.8 Å². The zero-order valence-corrected chi connectivity index (χ0v) is 15.3. The average Bonchev–Trinajstić information content (AvgIpc) is 3.05. The number of hydrogen-bond donors (Lipinski definition) is 1.